The monoisotopic (exact) mass is 500 g/mol. The van der Waals surface area contributed by atoms with E-state index >= 15 is 0 Å². The largest absolute Gasteiger partial charge is 0.475 e. The van der Waals surface area contributed by atoms with Crippen molar-refractivity contribution in [2.24, 2.45) is 0 Å². The fourth-order valence-electron chi connectivity index (χ4n) is 4.03. The van der Waals surface area contributed by atoms with Gasteiger partial charge in [0.25, 0.3) is 5.56 Å². The summed E-state index contributed by atoms with van der Waals surface area (Å²) in [5.41, 5.74) is 4.24. The van der Waals surface area contributed by atoms with Gasteiger partial charge in [-0.25, -0.2) is 4.98 Å². The van der Waals surface area contributed by atoms with Gasteiger partial charge in [-0.1, -0.05) is 54.6 Å². The first-order chi connectivity index (χ1) is 18.7. The van der Waals surface area contributed by atoms with Crippen molar-refractivity contribution < 1.29 is 9.47 Å². The molecule has 0 bridgehead atoms. The Morgan fingerprint density at radius 1 is 0.842 bits per heavy atom. The van der Waals surface area contributed by atoms with Crippen LogP contribution in [-0.4, -0.2) is 27.7 Å². The highest BCUT2D eigenvalue weighted by Gasteiger charge is 2.15. The van der Waals surface area contributed by atoms with Crippen molar-refractivity contribution in [3.63, 3.8) is 0 Å². The second-order valence-electron chi connectivity index (χ2n) is 8.43. The maximum atomic E-state index is 13.6. The molecule has 2 aromatic carbocycles. The van der Waals surface area contributed by atoms with Gasteiger partial charge in [0.05, 0.1) is 42.4 Å². The minimum Gasteiger partial charge on any atom is -0.475 e. The van der Waals surface area contributed by atoms with Gasteiger partial charge in [0, 0.05) is 35.2 Å². The van der Waals surface area contributed by atoms with Crippen molar-refractivity contribution in [2.75, 3.05) is 13.2 Å². The zero-order valence-corrected chi connectivity index (χ0v) is 20.5. The van der Waals surface area contributed by atoms with Crippen molar-refractivity contribution in [3.05, 3.63) is 131 Å². The SMILES string of the molecule is N#Cc1ccccc1-c1cc(-c2ccccn2)cn(-c2ccc(OCCOCc3ccccc3)nc2)c1=O. The molecule has 0 saturated heterocycles. The van der Waals surface area contributed by atoms with Crippen LogP contribution < -0.4 is 10.3 Å². The summed E-state index contributed by atoms with van der Waals surface area (Å²) in [4.78, 5) is 22.5. The van der Waals surface area contributed by atoms with E-state index in [-0.39, 0.29) is 5.56 Å². The Balaban J connectivity index is 1.39. The van der Waals surface area contributed by atoms with Gasteiger partial charge in [-0.2, -0.15) is 5.26 Å². The molecule has 3 heterocycles. The molecule has 7 nitrogen and oxygen atoms in total. The Morgan fingerprint density at radius 2 is 1.66 bits per heavy atom. The van der Waals surface area contributed by atoms with E-state index < -0.39 is 0 Å². The Morgan fingerprint density at radius 3 is 2.42 bits per heavy atom. The summed E-state index contributed by atoms with van der Waals surface area (Å²) in [7, 11) is 0. The third-order valence-electron chi connectivity index (χ3n) is 5.90. The van der Waals surface area contributed by atoms with Gasteiger partial charge in [0.2, 0.25) is 5.88 Å². The number of rotatable bonds is 9. The van der Waals surface area contributed by atoms with Crippen LogP contribution in [0.4, 0.5) is 0 Å². The number of nitrogens with zero attached hydrogens (tertiary/aromatic N) is 4. The van der Waals surface area contributed by atoms with Gasteiger partial charge in [-0.05, 0) is 35.9 Å². The number of aromatic nitrogens is 3. The number of hydrogen-bond donors (Lipinski definition) is 0. The Kier molecular flexibility index (Phi) is 7.64. The lowest BCUT2D eigenvalue weighted by atomic mass is 9.99. The standard InChI is InChI=1S/C31H24N4O3/c32-19-24-10-4-5-11-27(24)28-18-25(29-12-6-7-15-33-29)21-35(31(28)36)26-13-14-30(34-20-26)38-17-16-37-22-23-8-2-1-3-9-23/h1-15,18,20-21H,16-17,22H2. The fourth-order valence-corrected chi connectivity index (χ4v) is 4.03. The van der Waals surface area contributed by atoms with E-state index in [4.69, 9.17) is 9.47 Å². The van der Waals surface area contributed by atoms with Crippen molar-refractivity contribution in [3.8, 4) is 40.0 Å². The number of nitriles is 1. The van der Waals surface area contributed by atoms with E-state index in [0.29, 0.717) is 53.8 Å². The van der Waals surface area contributed by atoms with Crippen LogP contribution in [0.3, 0.4) is 0 Å². The normalized spacial score (nSPS) is 10.6. The molecule has 0 atom stereocenters. The smallest absolute Gasteiger partial charge is 0.263 e. The van der Waals surface area contributed by atoms with Crippen LogP contribution in [0, 0.1) is 11.3 Å². The predicted molar refractivity (Wildman–Crippen MR) is 145 cm³/mol. The molecule has 0 unspecified atom stereocenters. The lowest BCUT2D eigenvalue weighted by Gasteiger charge is -2.13. The molecule has 0 aliphatic carbocycles. The lowest BCUT2D eigenvalue weighted by Crippen LogP contribution is -2.20. The molecule has 0 radical (unpaired) electrons. The topological polar surface area (TPSA) is 90.0 Å². The van der Waals surface area contributed by atoms with Crippen LogP contribution >= 0.6 is 0 Å². The highest BCUT2D eigenvalue weighted by Crippen LogP contribution is 2.26. The van der Waals surface area contributed by atoms with Crippen molar-refractivity contribution >= 4 is 0 Å². The van der Waals surface area contributed by atoms with Gasteiger partial charge in [-0.15, -0.1) is 0 Å². The van der Waals surface area contributed by atoms with Crippen LogP contribution in [0.15, 0.2) is 114 Å². The van der Waals surface area contributed by atoms with E-state index in [2.05, 4.69) is 16.0 Å². The first-order valence-electron chi connectivity index (χ1n) is 12.1. The van der Waals surface area contributed by atoms with Crippen molar-refractivity contribution in [1.82, 2.24) is 14.5 Å². The molecule has 5 rings (SSSR count). The molecule has 0 aliphatic rings. The number of hydrogen-bond acceptors (Lipinski definition) is 6. The van der Waals surface area contributed by atoms with Crippen molar-refractivity contribution in [2.45, 2.75) is 6.61 Å². The summed E-state index contributed by atoms with van der Waals surface area (Å²) >= 11 is 0. The highest BCUT2D eigenvalue weighted by atomic mass is 16.5. The molecule has 7 heteroatoms. The second-order valence-corrected chi connectivity index (χ2v) is 8.43. The average molecular weight is 501 g/mol. The maximum absolute atomic E-state index is 13.6. The summed E-state index contributed by atoms with van der Waals surface area (Å²) in [5.74, 6) is 0.432. The van der Waals surface area contributed by atoms with Crippen LogP contribution in [-0.2, 0) is 11.3 Å². The van der Waals surface area contributed by atoms with Crippen LogP contribution in [0.1, 0.15) is 11.1 Å². The third-order valence-corrected chi connectivity index (χ3v) is 5.90. The molecule has 186 valence electrons. The van der Waals surface area contributed by atoms with Crippen molar-refractivity contribution in [1.29, 1.82) is 5.26 Å². The van der Waals surface area contributed by atoms with Gasteiger partial charge < -0.3 is 9.47 Å². The lowest BCUT2D eigenvalue weighted by molar-refractivity contribution is 0.0875. The summed E-state index contributed by atoms with van der Waals surface area (Å²) in [5, 5.41) is 9.63. The minimum absolute atomic E-state index is 0.267. The zero-order valence-electron chi connectivity index (χ0n) is 20.5. The molecule has 38 heavy (non-hydrogen) atoms. The Labute approximate surface area is 220 Å². The molecule has 0 spiro atoms. The van der Waals surface area contributed by atoms with E-state index in [1.165, 1.54) is 4.57 Å². The Bertz CT molecular complexity index is 1610. The maximum Gasteiger partial charge on any atom is 0.263 e. The van der Waals surface area contributed by atoms with Crippen LogP contribution in [0.25, 0.3) is 28.1 Å². The highest BCUT2D eigenvalue weighted by molar-refractivity contribution is 5.74. The molecule has 0 N–H and O–H groups in total. The van der Waals surface area contributed by atoms with E-state index in [1.54, 1.807) is 55.0 Å². The van der Waals surface area contributed by atoms with Crippen LogP contribution in [0.2, 0.25) is 0 Å². The van der Waals surface area contributed by atoms with Gasteiger partial charge in [-0.3, -0.25) is 14.3 Å². The molecular formula is C31H24N4O3. The summed E-state index contributed by atoms with van der Waals surface area (Å²) in [6.45, 7) is 1.29. The number of benzene rings is 2. The fraction of sp³-hybridized carbons (Fsp3) is 0.0968. The third kappa shape index (κ3) is 5.67. The summed E-state index contributed by atoms with van der Waals surface area (Å²) in [6, 6.07) is 30.0. The Hall–Kier alpha value is -5.06. The van der Waals surface area contributed by atoms with Gasteiger partial charge in [0.1, 0.15) is 6.61 Å². The quantitative estimate of drug-likeness (QED) is 0.251. The number of ether oxygens (including phenoxy) is 2. The molecular weight excluding hydrogens is 476 g/mol. The van der Waals surface area contributed by atoms with Gasteiger partial charge >= 0.3 is 0 Å². The molecule has 5 aromatic rings. The molecule has 3 aromatic heterocycles. The first kappa shape index (κ1) is 24.6. The zero-order chi connectivity index (χ0) is 26.2. The predicted octanol–water partition coefficient (Wildman–Crippen LogP) is 5.43. The molecule has 0 amide bonds. The van der Waals surface area contributed by atoms with E-state index in [1.807, 2.05) is 54.6 Å². The number of pyridine rings is 3. The van der Waals surface area contributed by atoms with Crippen LogP contribution in [0.5, 0.6) is 5.88 Å². The minimum atomic E-state index is -0.267. The first-order valence-corrected chi connectivity index (χ1v) is 12.1. The van der Waals surface area contributed by atoms with E-state index in [0.717, 1.165) is 11.1 Å². The summed E-state index contributed by atoms with van der Waals surface area (Å²) < 4.78 is 12.9. The molecule has 0 fully saturated rings. The molecule has 0 aliphatic heterocycles. The molecule has 0 saturated carbocycles. The summed E-state index contributed by atoms with van der Waals surface area (Å²) in [6.07, 6.45) is 5.02. The van der Waals surface area contributed by atoms with E-state index in [9.17, 15) is 10.1 Å². The second kappa shape index (κ2) is 11.8. The van der Waals surface area contributed by atoms with Gasteiger partial charge in [0.15, 0.2) is 0 Å². The average Bonchev–Trinajstić information content (AvgIpc) is 2.98.